The molecule has 4 heteroatoms. The summed E-state index contributed by atoms with van der Waals surface area (Å²) in [6, 6.07) is 0. The van der Waals surface area contributed by atoms with Gasteiger partial charge >= 0.3 is 0 Å². The number of hydrogen-bond donors (Lipinski definition) is 1. The molecule has 0 aromatic rings. The third kappa shape index (κ3) is 9.97. The fourth-order valence-electron chi connectivity index (χ4n) is 2.82. The van der Waals surface area contributed by atoms with Crippen LogP contribution in [0.3, 0.4) is 0 Å². The molecule has 0 heterocycles. The van der Waals surface area contributed by atoms with Crippen molar-refractivity contribution in [3.8, 4) is 0 Å². The molecule has 0 amide bonds. The number of nitrogens with two attached hydrogens (primary N) is 1. The molecule has 146 valence electrons. The summed E-state index contributed by atoms with van der Waals surface area (Å²) in [7, 11) is 0. The molecule has 1 atom stereocenters. The number of rotatable bonds is 18. The molecular formula is C20H43NO3. The predicted octanol–water partition coefficient (Wildman–Crippen LogP) is 5.25. The van der Waals surface area contributed by atoms with Gasteiger partial charge in [0.25, 0.3) is 5.97 Å². The van der Waals surface area contributed by atoms with Gasteiger partial charge in [0.05, 0.1) is 25.7 Å². The van der Waals surface area contributed by atoms with Crippen LogP contribution >= 0.6 is 0 Å². The predicted molar refractivity (Wildman–Crippen MR) is 102 cm³/mol. The maximum Gasteiger partial charge on any atom is 0.287 e. The maximum absolute atomic E-state index is 6.11. The number of hydrogen-bond acceptors (Lipinski definition) is 4. The highest BCUT2D eigenvalue weighted by Gasteiger charge is 2.41. The van der Waals surface area contributed by atoms with E-state index in [4.69, 9.17) is 19.9 Å². The van der Waals surface area contributed by atoms with Crippen molar-refractivity contribution in [1.82, 2.24) is 0 Å². The summed E-state index contributed by atoms with van der Waals surface area (Å²) in [5, 5.41) is 0. The highest BCUT2D eigenvalue weighted by molar-refractivity contribution is 4.74. The Bertz CT molecular complexity index is 239. The third-order valence-corrected chi connectivity index (χ3v) is 4.21. The second kappa shape index (κ2) is 16.3. The van der Waals surface area contributed by atoms with Gasteiger partial charge in [-0.2, -0.15) is 0 Å². The van der Waals surface area contributed by atoms with Crippen LogP contribution in [0.1, 0.15) is 91.9 Å². The fraction of sp³-hybridized carbons (Fsp3) is 1.00. The van der Waals surface area contributed by atoms with Crippen LogP contribution in [0.15, 0.2) is 0 Å². The number of ether oxygens (including phenoxy) is 3. The minimum Gasteiger partial charge on any atom is -0.330 e. The topological polar surface area (TPSA) is 53.7 Å². The lowest BCUT2D eigenvalue weighted by atomic mass is 9.97. The molecule has 2 N–H and O–H groups in total. The summed E-state index contributed by atoms with van der Waals surface area (Å²) in [6.45, 7) is 11.0. The van der Waals surface area contributed by atoms with Gasteiger partial charge in [0.2, 0.25) is 0 Å². The van der Waals surface area contributed by atoms with Crippen LogP contribution in [0.2, 0.25) is 0 Å². The Kier molecular flexibility index (Phi) is 16.2. The van der Waals surface area contributed by atoms with Gasteiger partial charge in [-0.3, -0.25) is 0 Å². The third-order valence-electron chi connectivity index (χ3n) is 4.21. The molecule has 0 aliphatic carbocycles. The summed E-state index contributed by atoms with van der Waals surface area (Å²) < 4.78 is 18.3. The fourth-order valence-corrected chi connectivity index (χ4v) is 2.82. The molecule has 0 saturated heterocycles. The minimum atomic E-state index is -0.958. The Balaban J connectivity index is 4.72. The molecule has 0 saturated carbocycles. The Morgan fingerprint density at radius 3 is 1.54 bits per heavy atom. The molecule has 4 nitrogen and oxygen atoms in total. The molecule has 0 spiro atoms. The standard InChI is InChI=1S/C20H43NO3/c1-5-9-10-11-12-13-14-19(18-21)20(22-15-6-2,23-16-7-3)24-17-8-4/h19H,5-18,21H2,1-4H3. The van der Waals surface area contributed by atoms with Crippen molar-refractivity contribution in [2.45, 2.75) is 97.9 Å². The lowest BCUT2D eigenvalue weighted by molar-refractivity contribution is -0.404. The molecule has 0 fully saturated rings. The second-order valence-corrected chi connectivity index (χ2v) is 6.64. The summed E-state index contributed by atoms with van der Waals surface area (Å²) >= 11 is 0. The van der Waals surface area contributed by atoms with E-state index in [1.54, 1.807) is 0 Å². The summed E-state index contributed by atoms with van der Waals surface area (Å²) in [5.74, 6) is -0.867. The molecule has 0 aromatic carbocycles. The quantitative estimate of drug-likeness (QED) is 0.272. The smallest absolute Gasteiger partial charge is 0.287 e. The Morgan fingerprint density at radius 2 is 1.12 bits per heavy atom. The first-order chi connectivity index (χ1) is 11.7. The molecular weight excluding hydrogens is 302 g/mol. The average Bonchev–Trinajstić information content (AvgIpc) is 2.61. The van der Waals surface area contributed by atoms with Crippen LogP contribution in [-0.4, -0.2) is 32.3 Å². The van der Waals surface area contributed by atoms with Gasteiger partial charge < -0.3 is 19.9 Å². The lowest BCUT2D eigenvalue weighted by Gasteiger charge is -2.39. The van der Waals surface area contributed by atoms with Crippen LogP contribution in [0.5, 0.6) is 0 Å². The van der Waals surface area contributed by atoms with Crippen molar-refractivity contribution in [3.63, 3.8) is 0 Å². The molecule has 0 aliphatic heterocycles. The van der Waals surface area contributed by atoms with E-state index in [1.807, 2.05) is 0 Å². The van der Waals surface area contributed by atoms with Crippen molar-refractivity contribution < 1.29 is 14.2 Å². The van der Waals surface area contributed by atoms with E-state index in [9.17, 15) is 0 Å². The van der Waals surface area contributed by atoms with Crippen LogP contribution in [0, 0.1) is 5.92 Å². The number of unbranched alkanes of at least 4 members (excludes halogenated alkanes) is 5. The van der Waals surface area contributed by atoms with Crippen LogP contribution in [-0.2, 0) is 14.2 Å². The normalized spacial score (nSPS) is 13.4. The highest BCUT2D eigenvalue weighted by atomic mass is 16.9. The molecule has 0 aromatic heterocycles. The first-order valence-electron chi connectivity index (χ1n) is 10.3. The molecule has 1 unspecified atom stereocenters. The largest absolute Gasteiger partial charge is 0.330 e. The van der Waals surface area contributed by atoms with Gasteiger partial charge in [-0.15, -0.1) is 0 Å². The second-order valence-electron chi connectivity index (χ2n) is 6.64. The summed E-state index contributed by atoms with van der Waals surface area (Å²) in [5.41, 5.74) is 6.10. The first-order valence-corrected chi connectivity index (χ1v) is 10.3. The first kappa shape index (κ1) is 23.8. The minimum absolute atomic E-state index is 0.0910. The Hall–Kier alpha value is -0.160. The molecule has 0 bridgehead atoms. The SMILES string of the molecule is CCCCCCCCC(CN)C(OCCC)(OCCC)OCCC. The monoisotopic (exact) mass is 345 g/mol. The van der Waals surface area contributed by atoms with E-state index in [-0.39, 0.29) is 5.92 Å². The highest BCUT2D eigenvalue weighted by Crippen LogP contribution is 2.30. The van der Waals surface area contributed by atoms with Crippen LogP contribution < -0.4 is 5.73 Å². The molecule has 24 heavy (non-hydrogen) atoms. The zero-order chi connectivity index (χ0) is 18.1. The lowest BCUT2D eigenvalue weighted by Crippen LogP contribution is -2.50. The van der Waals surface area contributed by atoms with Gasteiger partial charge in [-0.25, -0.2) is 0 Å². The zero-order valence-corrected chi connectivity index (χ0v) is 16.8. The van der Waals surface area contributed by atoms with Crippen molar-refractivity contribution in [2.75, 3.05) is 26.4 Å². The van der Waals surface area contributed by atoms with E-state index in [2.05, 4.69) is 27.7 Å². The maximum atomic E-state index is 6.11. The Morgan fingerprint density at radius 1 is 0.667 bits per heavy atom. The van der Waals surface area contributed by atoms with E-state index in [1.165, 1.54) is 32.1 Å². The van der Waals surface area contributed by atoms with Crippen molar-refractivity contribution in [2.24, 2.45) is 11.7 Å². The van der Waals surface area contributed by atoms with Crippen molar-refractivity contribution in [1.29, 1.82) is 0 Å². The van der Waals surface area contributed by atoms with Gasteiger partial charge in [0.15, 0.2) is 0 Å². The van der Waals surface area contributed by atoms with Crippen LogP contribution in [0.4, 0.5) is 0 Å². The molecule has 0 radical (unpaired) electrons. The summed E-state index contributed by atoms with van der Waals surface area (Å²) in [6.07, 6.45) is 11.5. The van der Waals surface area contributed by atoms with E-state index >= 15 is 0 Å². The van der Waals surface area contributed by atoms with E-state index < -0.39 is 5.97 Å². The van der Waals surface area contributed by atoms with E-state index in [0.29, 0.717) is 26.4 Å². The van der Waals surface area contributed by atoms with Crippen LogP contribution in [0.25, 0.3) is 0 Å². The van der Waals surface area contributed by atoms with Crippen molar-refractivity contribution >= 4 is 0 Å². The molecule has 0 aliphatic rings. The van der Waals surface area contributed by atoms with Gasteiger partial charge in [-0.1, -0.05) is 66.2 Å². The Labute approximate surface area is 150 Å². The van der Waals surface area contributed by atoms with E-state index in [0.717, 1.165) is 32.1 Å². The van der Waals surface area contributed by atoms with Gasteiger partial charge in [-0.05, 0) is 25.7 Å². The van der Waals surface area contributed by atoms with Crippen molar-refractivity contribution in [3.05, 3.63) is 0 Å². The zero-order valence-electron chi connectivity index (χ0n) is 16.8. The summed E-state index contributed by atoms with van der Waals surface area (Å²) in [4.78, 5) is 0. The van der Waals surface area contributed by atoms with Gasteiger partial charge in [0.1, 0.15) is 0 Å². The van der Waals surface area contributed by atoms with Gasteiger partial charge in [0, 0.05) is 6.54 Å². The average molecular weight is 346 g/mol. The molecule has 0 rings (SSSR count).